The lowest BCUT2D eigenvalue weighted by Crippen LogP contribution is -2.10. The summed E-state index contributed by atoms with van der Waals surface area (Å²) < 4.78 is 4.77. The average Bonchev–Trinajstić information content (AvgIpc) is 3.68. The fourth-order valence-electron chi connectivity index (χ4n) is 5.55. The lowest BCUT2D eigenvalue weighted by atomic mass is 9.99. The third-order valence-corrected chi connectivity index (χ3v) is 8.45. The average molecular weight is 563 g/mol. The summed E-state index contributed by atoms with van der Waals surface area (Å²) in [7, 11) is 0. The highest BCUT2D eigenvalue weighted by molar-refractivity contribution is 5.70. The summed E-state index contributed by atoms with van der Waals surface area (Å²) in [5.74, 6) is 1.47. The van der Waals surface area contributed by atoms with Crippen molar-refractivity contribution in [2.45, 2.75) is 92.2 Å². The Morgan fingerprint density at radius 1 is 0.595 bits per heavy atom. The van der Waals surface area contributed by atoms with Crippen molar-refractivity contribution in [3.63, 3.8) is 0 Å². The zero-order valence-corrected chi connectivity index (χ0v) is 26.3. The van der Waals surface area contributed by atoms with E-state index >= 15 is 0 Å². The first-order valence-electron chi connectivity index (χ1n) is 16.2. The number of unbranched alkanes of at least 4 members (excludes halogenated alkanes) is 2. The maximum atomic E-state index is 4.71. The molecular formula is C38H50N4. The number of hydrogen-bond donors (Lipinski definition) is 0. The SMILES string of the molecule is CCCCC(CC)Cn1cccc1/C=C/c1ccc(-c2ccc(/C=C/c3cccn3CC(CC)CCCC)cn2)nc1. The number of pyridine rings is 2. The molecular weight excluding hydrogens is 512 g/mol. The molecule has 0 aliphatic heterocycles. The van der Waals surface area contributed by atoms with Gasteiger partial charge < -0.3 is 9.13 Å². The third kappa shape index (κ3) is 9.17. The minimum absolute atomic E-state index is 0.736. The minimum Gasteiger partial charge on any atom is -0.348 e. The molecule has 0 amide bonds. The van der Waals surface area contributed by atoms with E-state index < -0.39 is 0 Å². The van der Waals surface area contributed by atoms with Gasteiger partial charge in [-0.15, -0.1) is 0 Å². The normalized spacial score (nSPS) is 13.3. The van der Waals surface area contributed by atoms with Crippen LogP contribution in [0.1, 0.15) is 102 Å². The van der Waals surface area contributed by atoms with Crippen LogP contribution in [0.3, 0.4) is 0 Å². The van der Waals surface area contributed by atoms with Crippen molar-refractivity contribution in [2.24, 2.45) is 11.8 Å². The van der Waals surface area contributed by atoms with Gasteiger partial charge in [-0.3, -0.25) is 9.97 Å². The maximum Gasteiger partial charge on any atom is 0.0886 e. The van der Waals surface area contributed by atoms with Crippen molar-refractivity contribution in [1.82, 2.24) is 19.1 Å². The maximum absolute atomic E-state index is 4.71. The highest BCUT2D eigenvalue weighted by Crippen LogP contribution is 2.21. The monoisotopic (exact) mass is 562 g/mol. The lowest BCUT2D eigenvalue weighted by molar-refractivity contribution is 0.390. The first-order chi connectivity index (χ1) is 20.6. The highest BCUT2D eigenvalue weighted by atomic mass is 15.0. The predicted octanol–water partition coefficient (Wildman–Crippen LogP) is 10.5. The predicted molar refractivity (Wildman–Crippen MR) is 181 cm³/mol. The summed E-state index contributed by atoms with van der Waals surface area (Å²) >= 11 is 0. The van der Waals surface area contributed by atoms with E-state index in [2.05, 4.69) is 122 Å². The van der Waals surface area contributed by atoms with Crippen LogP contribution in [-0.2, 0) is 13.1 Å². The largest absolute Gasteiger partial charge is 0.348 e. The molecule has 0 aliphatic rings. The van der Waals surface area contributed by atoms with Crippen molar-refractivity contribution in [3.05, 3.63) is 95.8 Å². The molecule has 4 aromatic heterocycles. The van der Waals surface area contributed by atoms with Gasteiger partial charge in [0.2, 0.25) is 0 Å². The van der Waals surface area contributed by atoms with Crippen LogP contribution in [0.4, 0.5) is 0 Å². The summed E-state index contributed by atoms with van der Waals surface area (Å²) in [5, 5.41) is 0. The Hall–Kier alpha value is -3.66. The molecule has 4 rings (SSSR count). The van der Waals surface area contributed by atoms with Gasteiger partial charge in [0, 0.05) is 49.3 Å². The van der Waals surface area contributed by atoms with Gasteiger partial charge in [-0.25, -0.2) is 0 Å². The van der Waals surface area contributed by atoms with Gasteiger partial charge in [0.05, 0.1) is 11.4 Å². The van der Waals surface area contributed by atoms with E-state index in [1.54, 1.807) is 0 Å². The zero-order chi connectivity index (χ0) is 29.6. The fourth-order valence-corrected chi connectivity index (χ4v) is 5.55. The Morgan fingerprint density at radius 2 is 1.05 bits per heavy atom. The number of hydrogen-bond acceptors (Lipinski definition) is 2. The van der Waals surface area contributed by atoms with Crippen molar-refractivity contribution >= 4 is 24.3 Å². The Bertz CT molecular complexity index is 1260. The standard InChI is InChI=1S/C38H50N4/c1-5-9-13-31(7-3)29-41-25-11-15-35(41)21-17-33-19-23-37(39-27-33)38-24-20-34(28-40-38)18-22-36-16-12-26-42(36)30-32(8-4)14-10-6-2/h11-12,15-28,31-32H,5-10,13-14,29-30H2,1-4H3/b21-17+,22-18+. The molecule has 0 bridgehead atoms. The molecule has 4 heterocycles. The number of aromatic nitrogens is 4. The summed E-state index contributed by atoms with van der Waals surface area (Å²) in [4.78, 5) is 9.42. The molecule has 4 aromatic rings. The molecule has 4 nitrogen and oxygen atoms in total. The molecule has 222 valence electrons. The lowest BCUT2D eigenvalue weighted by Gasteiger charge is -2.16. The molecule has 0 fully saturated rings. The molecule has 0 aliphatic carbocycles. The molecule has 2 atom stereocenters. The smallest absolute Gasteiger partial charge is 0.0886 e. The number of nitrogens with zero attached hydrogens (tertiary/aromatic N) is 4. The second kappa shape index (κ2) is 16.7. The van der Waals surface area contributed by atoms with E-state index in [0.29, 0.717) is 0 Å². The quantitative estimate of drug-likeness (QED) is 0.128. The summed E-state index contributed by atoms with van der Waals surface area (Å²) in [6.45, 7) is 11.3. The Balaban J connectivity index is 1.35. The van der Waals surface area contributed by atoms with E-state index in [-0.39, 0.29) is 0 Å². The summed E-state index contributed by atoms with van der Waals surface area (Å²) in [6, 6.07) is 17.0. The molecule has 4 heteroatoms. The minimum atomic E-state index is 0.736. The molecule has 42 heavy (non-hydrogen) atoms. The Morgan fingerprint density at radius 3 is 1.40 bits per heavy atom. The summed E-state index contributed by atoms with van der Waals surface area (Å²) in [5.41, 5.74) is 6.44. The van der Waals surface area contributed by atoms with Crippen LogP contribution in [0.25, 0.3) is 35.7 Å². The van der Waals surface area contributed by atoms with Crippen LogP contribution in [0, 0.1) is 11.8 Å². The van der Waals surface area contributed by atoms with Crippen LogP contribution in [0.2, 0.25) is 0 Å². The topological polar surface area (TPSA) is 35.6 Å². The van der Waals surface area contributed by atoms with Crippen molar-refractivity contribution < 1.29 is 0 Å². The van der Waals surface area contributed by atoms with Crippen molar-refractivity contribution in [2.75, 3.05) is 0 Å². The third-order valence-electron chi connectivity index (χ3n) is 8.45. The first kappa shape index (κ1) is 31.3. The zero-order valence-electron chi connectivity index (χ0n) is 26.3. The van der Waals surface area contributed by atoms with Gasteiger partial charge in [0.1, 0.15) is 0 Å². The van der Waals surface area contributed by atoms with E-state index in [0.717, 1.165) is 47.4 Å². The van der Waals surface area contributed by atoms with Gasteiger partial charge >= 0.3 is 0 Å². The van der Waals surface area contributed by atoms with Gasteiger partial charge in [-0.05, 0) is 84.4 Å². The van der Waals surface area contributed by atoms with E-state index in [4.69, 9.17) is 9.97 Å². The van der Waals surface area contributed by atoms with Gasteiger partial charge in [-0.1, -0.05) is 90.5 Å². The highest BCUT2D eigenvalue weighted by Gasteiger charge is 2.09. The van der Waals surface area contributed by atoms with Crippen molar-refractivity contribution in [3.8, 4) is 11.4 Å². The first-order valence-corrected chi connectivity index (χ1v) is 16.2. The second-order valence-electron chi connectivity index (χ2n) is 11.6. The molecule has 0 N–H and O–H groups in total. The fraction of sp³-hybridized carbons (Fsp3) is 0.421. The molecule has 2 unspecified atom stereocenters. The van der Waals surface area contributed by atoms with E-state index in [9.17, 15) is 0 Å². The van der Waals surface area contributed by atoms with Crippen LogP contribution in [-0.4, -0.2) is 19.1 Å². The summed E-state index contributed by atoms with van der Waals surface area (Å²) in [6.07, 6.45) is 27.2. The van der Waals surface area contributed by atoms with Gasteiger partial charge in [-0.2, -0.15) is 0 Å². The van der Waals surface area contributed by atoms with Crippen LogP contribution in [0.5, 0.6) is 0 Å². The van der Waals surface area contributed by atoms with E-state index in [1.165, 1.54) is 62.8 Å². The van der Waals surface area contributed by atoms with Crippen LogP contribution < -0.4 is 0 Å². The number of rotatable bonds is 17. The second-order valence-corrected chi connectivity index (χ2v) is 11.6. The van der Waals surface area contributed by atoms with Crippen LogP contribution >= 0.6 is 0 Å². The molecule has 0 aromatic carbocycles. The molecule has 0 radical (unpaired) electrons. The Kier molecular flexibility index (Phi) is 12.4. The molecule has 0 saturated heterocycles. The van der Waals surface area contributed by atoms with Gasteiger partial charge in [0.25, 0.3) is 0 Å². The van der Waals surface area contributed by atoms with Crippen LogP contribution in [0.15, 0.2) is 73.3 Å². The van der Waals surface area contributed by atoms with Crippen molar-refractivity contribution in [1.29, 1.82) is 0 Å². The van der Waals surface area contributed by atoms with E-state index in [1.807, 2.05) is 12.4 Å². The Labute approximate surface area is 254 Å². The van der Waals surface area contributed by atoms with Gasteiger partial charge in [0.15, 0.2) is 0 Å². The molecule has 0 spiro atoms. The molecule has 0 saturated carbocycles.